The summed E-state index contributed by atoms with van der Waals surface area (Å²) >= 11 is 1.76. The van der Waals surface area contributed by atoms with E-state index in [2.05, 4.69) is 40.2 Å². The van der Waals surface area contributed by atoms with Gasteiger partial charge in [0.15, 0.2) is 5.13 Å². The van der Waals surface area contributed by atoms with Crippen LogP contribution in [0.1, 0.15) is 34.8 Å². The summed E-state index contributed by atoms with van der Waals surface area (Å²) in [5, 5.41) is 4.08. The number of aromatic nitrogens is 1. The van der Waals surface area contributed by atoms with Gasteiger partial charge in [0.2, 0.25) is 0 Å². The zero-order valence-electron chi connectivity index (χ0n) is 23.7. The van der Waals surface area contributed by atoms with Crippen molar-refractivity contribution in [1.29, 1.82) is 0 Å². The third-order valence-electron chi connectivity index (χ3n) is 8.00. The third kappa shape index (κ3) is 6.13. The monoisotopic (exact) mass is 625 g/mol. The molecule has 1 saturated heterocycles. The number of fused-ring (bicyclic) bond motifs is 2. The molecule has 0 radical (unpaired) electrons. The molecule has 8 nitrogen and oxygen atoms in total. The largest absolute Gasteiger partial charge is 0.351 e. The van der Waals surface area contributed by atoms with Gasteiger partial charge in [0.1, 0.15) is 0 Å². The number of aryl methyl sites for hydroxylation is 2. The molecule has 2 aliphatic heterocycles. The molecule has 42 heavy (non-hydrogen) atoms. The Morgan fingerprint density at radius 2 is 1.71 bits per heavy atom. The Labute approximate surface area is 257 Å². The number of rotatable bonds is 8. The summed E-state index contributed by atoms with van der Waals surface area (Å²) < 4.78 is 29.5. The van der Waals surface area contributed by atoms with E-state index in [-0.39, 0.29) is 23.2 Å². The Bertz CT molecular complexity index is 1650. The Hall–Kier alpha value is -3.18. The number of anilines is 2. The smallest absolute Gasteiger partial charge is 0.264 e. The number of hydrogen-bond donors (Lipinski definition) is 1. The molecule has 222 valence electrons. The highest BCUT2D eigenvalue weighted by molar-refractivity contribution is 7.92. The van der Waals surface area contributed by atoms with Crippen LogP contribution in [0.4, 0.5) is 10.8 Å². The molecular weight excluding hydrogens is 590 g/mol. The van der Waals surface area contributed by atoms with Gasteiger partial charge in [-0.15, -0.1) is 12.4 Å². The molecule has 3 heterocycles. The van der Waals surface area contributed by atoms with Gasteiger partial charge >= 0.3 is 0 Å². The lowest BCUT2D eigenvalue weighted by Crippen LogP contribution is -2.48. The molecule has 0 spiro atoms. The van der Waals surface area contributed by atoms with Gasteiger partial charge in [0, 0.05) is 51.4 Å². The molecule has 11 heteroatoms. The van der Waals surface area contributed by atoms with Gasteiger partial charge in [0.25, 0.3) is 15.9 Å². The summed E-state index contributed by atoms with van der Waals surface area (Å²) in [6.07, 6.45) is 2.64. The van der Waals surface area contributed by atoms with Crippen molar-refractivity contribution in [3.8, 4) is 0 Å². The highest BCUT2D eigenvalue weighted by Crippen LogP contribution is 2.33. The van der Waals surface area contributed by atoms with Gasteiger partial charge in [0.05, 0.1) is 20.8 Å². The van der Waals surface area contributed by atoms with E-state index in [1.54, 1.807) is 23.5 Å². The number of amides is 1. The fourth-order valence-electron chi connectivity index (χ4n) is 5.66. The van der Waals surface area contributed by atoms with Gasteiger partial charge in [-0.05, 0) is 66.8 Å². The maximum Gasteiger partial charge on any atom is 0.264 e. The number of carbonyl (C=O) groups excluding carboxylic acids is 1. The van der Waals surface area contributed by atoms with Crippen molar-refractivity contribution < 1.29 is 13.2 Å². The lowest BCUT2D eigenvalue weighted by atomic mass is 10.0. The topological polar surface area (TPSA) is 85.8 Å². The first kappa shape index (κ1) is 30.3. The number of benzene rings is 3. The first-order valence-corrected chi connectivity index (χ1v) is 16.5. The van der Waals surface area contributed by atoms with Crippen LogP contribution < -0.4 is 14.5 Å². The Morgan fingerprint density at radius 3 is 2.48 bits per heavy atom. The van der Waals surface area contributed by atoms with E-state index in [0.717, 1.165) is 73.9 Å². The number of piperazine rings is 1. The molecule has 0 unspecified atom stereocenters. The van der Waals surface area contributed by atoms with Crippen LogP contribution in [0.3, 0.4) is 0 Å². The predicted molar refractivity (Wildman–Crippen MR) is 173 cm³/mol. The zero-order chi connectivity index (χ0) is 28.4. The molecule has 1 aromatic heterocycles. The molecule has 0 atom stereocenters. The molecular formula is C31H36ClN5O3S2. The number of nitrogens with zero attached hydrogens (tertiary/aromatic N) is 4. The fourth-order valence-corrected chi connectivity index (χ4v) is 8.27. The normalized spacial score (nSPS) is 15.7. The van der Waals surface area contributed by atoms with E-state index in [1.165, 1.54) is 26.7 Å². The fraction of sp³-hybridized carbons (Fsp3) is 0.355. The number of nitrogens with one attached hydrogen (secondary N) is 1. The molecule has 2 aliphatic rings. The molecule has 0 saturated carbocycles. The number of carbonyl (C=O) groups is 1. The van der Waals surface area contributed by atoms with Gasteiger partial charge < -0.3 is 10.2 Å². The van der Waals surface area contributed by atoms with Crippen LogP contribution in [0.2, 0.25) is 0 Å². The van der Waals surface area contributed by atoms with Crippen LogP contribution >= 0.6 is 23.7 Å². The maximum atomic E-state index is 13.4. The van der Waals surface area contributed by atoms with E-state index in [0.29, 0.717) is 18.7 Å². The van der Waals surface area contributed by atoms with E-state index < -0.39 is 10.0 Å². The molecule has 0 bridgehead atoms. The van der Waals surface area contributed by atoms with Crippen molar-refractivity contribution in [2.24, 2.45) is 0 Å². The van der Waals surface area contributed by atoms with E-state index >= 15 is 0 Å². The first-order chi connectivity index (χ1) is 19.9. The lowest BCUT2D eigenvalue weighted by Gasteiger charge is -2.34. The van der Waals surface area contributed by atoms with Gasteiger partial charge in [-0.3, -0.25) is 14.0 Å². The highest BCUT2D eigenvalue weighted by Gasteiger charge is 2.29. The number of thiazole rings is 1. The summed E-state index contributed by atoms with van der Waals surface area (Å²) in [4.78, 5) is 22.6. The van der Waals surface area contributed by atoms with Crippen LogP contribution in [-0.4, -0.2) is 70.0 Å². The van der Waals surface area contributed by atoms with Crippen molar-refractivity contribution in [2.75, 3.05) is 55.0 Å². The minimum absolute atomic E-state index is 0. The van der Waals surface area contributed by atoms with Crippen molar-refractivity contribution in [3.63, 3.8) is 0 Å². The second-order valence-corrected chi connectivity index (χ2v) is 13.4. The van der Waals surface area contributed by atoms with Gasteiger partial charge in [-0.1, -0.05) is 48.6 Å². The maximum absolute atomic E-state index is 13.4. The molecule has 3 aromatic carbocycles. The number of hydrogen-bond acceptors (Lipinski definition) is 7. The van der Waals surface area contributed by atoms with Gasteiger partial charge in [-0.2, -0.15) is 0 Å². The van der Waals surface area contributed by atoms with Gasteiger partial charge in [-0.25, -0.2) is 13.4 Å². The Balaban J connectivity index is 0.00000353. The number of para-hydroxylation sites is 2. The van der Waals surface area contributed by atoms with Crippen molar-refractivity contribution in [1.82, 2.24) is 15.2 Å². The van der Waals surface area contributed by atoms with Crippen molar-refractivity contribution in [3.05, 3.63) is 83.4 Å². The molecule has 0 aliphatic carbocycles. The zero-order valence-corrected chi connectivity index (χ0v) is 26.1. The quantitative estimate of drug-likeness (QED) is 0.298. The predicted octanol–water partition coefficient (Wildman–Crippen LogP) is 4.97. The second-order valence-electron chi connectivity index (χ2n) is 10.5. The van der Waals surface area contributed by atoms with Crippen LogP contribution in [0, 0.1) is 0 Å². The van der Waals surface area contributed by atoms with E-state index in [4.69, 9.17) is 4.98 Å². The summed E-state index contributed by atoms with van der Waals surface area (Å²) in [5.74, 6) is -0.197. The Kier molecular flexibility index (Phi) is 9.37. The second kappa shape index (κ2) is 13.0. The molecule has 4 aromatic rings. The van der Waals surface area contributed by atoms with Crippen LogP contribution in [0.25, 0.3) is 10.2 Å². The highest BCUT2D eigenvalue weighted by atomic mass is 35.5. The van der Waals surface area contributed by atoms with Crippen molar-refractivity contribution >= 4 is 60.7 Å². The minimum Gasteiger partial charge on any atom is -0.351 e. The van der Waals surface area contributed by atoms with Crippen molar-refractivity contribution in [2.45, 2.75) is 31.1 Å². The summed E-state index contributed by atoms with van der Waals surface area (Å²) in [6, 6.07) is 20.3. The number of sulfonamides is 1. The molecule has 6 rings (SSSR count). The SMILES string of the molecule is CCc1cccc2sc(N3CCN(CCNC(=O)c4ccc(S(=O)(=O)N5CCCc6ccccc65)cc4)CC3)nc12.Cl. The molecule has 1 amide bonds. The summed E-state index contributed by atoms with van der Waals surface area (Å²) in [6.45, 7) is 7.57. The minimum atomic E-state index is -3.70. The van der Waals surface area contributed by atoms with Crippen LogP contribution in [0.15, 0.2) is 71.6 Å². The first-order valence-electron chi connectivity index (χ1n) is 14.3. The average Bonchev–Trinajstić information content (AvgIpc) is 3.46. The average molecular weight is 626 g/mol. The van der Waals surface area contributed by atoms with Crippen LogP contribution in [-0.2, 0) is 22.9 Å². The standard InChI is InChI=1S/C31H35N5O3S2.ClH/c1-2-23-8-5-11-28-29(23)33-31(40-28)35-21-19-34(20-22-35)18-16-32-30(37)25-12-14-26(15-13-25)41(38,39)36-17-6-9-24-7-3-4-10-27(24)36;/h3-5,7-8,10-15H,2,6,9,16-22H2,1H3,(H,32,37);1H. The van der Waals surface area contributed by atoms with E-state index in [1.807, 2.05) is 24.3 Å². The Morgan fingerprint density at radius 1 is 0.952 bits per heavy atom. The third-order valence-corrected chi connectivity index (χ3v) is 10.9. The lowest BCUT2D eigenvalue weighted by molar-refractivity contribution is 0.0947. The van der Waals surface area contributed by atoms with Crippen LogP contribution in [0.5, 0.6) is 0 Å². The summed E-state index contributed by atoms with van der Waals surface area (Å²) in [5.41, 5.74) is 4.66. The molecule has 1 N–H and O–H groups in total. The molecule has 1 fully saturated rings. The number of halogens is 1. The summed E-state index contributed by atoms with van der Waals surface area (Å²) in [7, 11) is -3.70. The van der Waals surface area contributed by atoms with E-state index in [9.17, 15) is 13.2 Å².